The molecule has 0 amide bonds. The van der Waals surface area contributed by atoms with Crippen LogP contribution in [0.5, 0.6) is 0 Å². The summed E-state index contributed by atoms with van der Waals surface area (Å²) in [4.78, 5) is 12.2. The van der Waals surface area contributed by atoms with Gasteiger partial charge < -0.3 is 10.3 Å². The molecule has 1 aliphatic rings. The van der Waals surface area contributed by atoms with Crippen LogP contribution in [0.15, 0.2) is 47.7 Å². The second-order valence-corrected chi connectivity index (χ2v) is 5.40. The number of hydrogen-bond donors (Lipinski definition) is 2. The van der Waals surface area contributed by atoms with E-state index in [1.165, 1.54) is 0 Å². The largest absolute Gasteiger partial charge is 0.368 e. The molecule has 4 rings (SSSR count). The zero-order valence-electron chi connectivity index (χ0n) is 11.2. The van der Waals surface area contributed by atoms with E-state index in [-0.39, 0.29) is 0 Å². The standard InChI is InChI=1S/C16H13ClN4/c17-11-3-4-13-12(8-11)14(16-19-6-7-20-16)15(21-13)10-2-1-5-18-9-10/h1-5,8-9,21H,6-7H2,(H,19,20). The van der Waals surface area contributed by atoms with Crippen molar-refractivity contribution in [1.82, 2.24) is 15.3 Å². The van der Waals surface area contributed by atoms with Gasteiger partial charge in [-0.25, -0.2) is 0 Å². The zero-order valence-corrected chi connectivity index (χ0v) is 12.0. The minimum Gasteiger partial charge on any atom is -0.368 e. The Bertz CT molecular complexity index is 836. The quantitative estimate of drug-likeness (QED) is 0.763. The highest BCUT2D eigenvalue weighted by atomic mass is 35.5. The molecule has 0 bridgehead atoms. The number of halogens is 1. The molecule has 3 heterocycles. The highest BCUT2D eigenvalue weighted by molar-refractivity contribution is 6.31. The smallest absolute Gasteiger partial charge is 0.131 e. The summed E-state index contributed by atoms with van der Waals surface area (Å²) in [7, 11) is 0. The fraction of sp³-hybridized carbons (Fsp3) is 0.125. The average molecular weight is 297 g/mol. The van der Waals surface area contributed by atoms with E-state index in [0.29, 0.717) is 0 Å². The minimum absolute atomic E-state index is 0.721. The van der Waals surface area contributed by atoms with Crippen LogP contribution in [-0.2, 0) is 0 Å². The van der Waals surface area contributed by atoms with Crippen molar-refractivity contribution in [2.24, 2.45) is 4.99 Å². The molecule has 0 fully saturated rings. The number of amidine groups is 1. The Morgan fingerprint density at radius 2 is 2.14 bits per heavy atom. The van der Waals surface area contributed by atoms with Gasteiger partial charge in [0.2, 0.25) is 0 Å². The lowest BCUT2D eigenvalue weighted by Crippen LogP contribution is -2.19. The Kier molecular flexibility index (Phi) is 2.89. The number of pyridine rings is 1. The van der Waals surface area contributed by atoms with Crippen molar-refractivity contribution in [2.45, 2.75) is 0 Å². The Balaban J connectivity index is 2.03. The van der Waals surface area contributed by atoms with Gasteiger partial charge in [0.1, 0.15) is 5.84 Å². The van der Waals surface area contributed by atoms with Gasteiger partial charge in [0.25, 0.3) is 0 Å². The number of nitrogens with one attached hydrogen (secondary N) is 2. The summed E-state index contributed by atoms with van der Waals surface area (Å²) in [5, 5.41) is 5.15. The van der Waals surface area contributed by atoms with Gasteiger partial charge in [-0.15, -0.1) is 0 Å². The van der Waals surface area contributed by atoms with Gasteiger partial charge in [-0.2, -0.15) is 0 Å². The van der Waals surface area contributed by atoms with Crippen LogP contribution >= 0.6 is 11.6 Å². The van der Waals surface area contributed by atoms with Crippen LogP contribution in [0.25, 0.3) is 22.2 Å². The Hall–Kier alpha value is -2.33. The maximum atomic E-state index is 6.17. The number of hydrogen-bond acceptors (Lipinski definition) is 3. The fourth-order valence-corrected chi connectivity index (χ4v) is 2.87. The summed E-state index contributed by atoms with van der Waals surface area (Å²) in [6.07, 6.45) is 3.62. The molecule has 0 saturated heterocycles. The summed E-state index contributed by atoms with van der Waals surface area (Å²) < 4.78 is 0. The van der Waals surface area contributed by atoms with Crippen LogP contribution in [-0.4, -0.2) is 28.9 Å². The molecular formula is C16H13ClN4. The normalized spacial score (nSPS) is 14.2. The molecule has 5 heteroatoms. The van der Waals surface area contributed by atoms with Crippen molar-refractivity contribution >= 4 is 28.3 Å². The van der Waals surface area contributed by atoms with Gasteiger partial charge in [-0.3, -0.25) is 9.98 Å². The summed E-state index contributed by atoms with van der Waals surface area (Å²) in [6, 6.07) is 9.84. The fourth-order valence-electron chi connectivity index (χ4n) is 2.70. The molecule has 0 saturated carbocycles. The van der Waals surface area contributed by atoms with Crippen LogP contribution in [0.2, 0.25) is 5.02 Å². The number of aromatic amines is 1. The van der Waals surface area contributed by atoms with E-state index < -0.39 is 0 Å². The summed E-state index contributed by atoms with van der Waals surface area (Å²) >= 11 is 6.17. The van der Waals surface area contributed by atoms with Crippen LogP contribution in [0, 0.1) is 0 Å². The Morgan fingerprint density at radius 1 is 1.19 bits per heavy atom. The van der Waals surface area contributed by atoms with E-state index in [1.807, 2.05) is 36.5 Å². The SMILES string of the molecule is Clc1ccc2[nH]c(-c3cccnc3)c(C3=NCCN3)c2c1. The molecule has 104 valence electrons. The van der Waals surface area contributed by atoms with E-state index >= 15 is 0 Å². The van der Waals surface area contributed by atoms with Gasteiger partial charge in [-0.1, -0.05) is 11.6 Å². The molecule has 0 aliphatic carbocycles. The lowest BCUT2D eigenvalue weighted by Gasteiger charge is -2.05. The molecule has 4 nitrogen and oxygen atoms in total. The first kappa shape index (κ1) is 12.4. The zero-order chi connectivity index (χ0) is 14.2. The van der Waals surface area contributed by atoms with Gasteiger partial charge in [-0.05, 0) is 30.3 Å². The molecule has 1 aliphatic heterocycles. The third-order valence-corrected chi connectivity index (χ3v) is 3.86. The van der Waals surface area contributed by atoms with Gasteiger partial charge in [0, 0.05) is 46.0 Å². The van der Waals surface area contributed by atoms with Crippen LogP contribution in [0.1, 0.15) is 5.56 Å². The maximum Gasteiger partial charge on any atom is 0.131 e. The van der Waals surface area contributed by atoms with E-state index in [9.17, 15) is 0 Å². The predicted molar refractivity (Wildman–Crippen MR) is 85.9 cm³/mol. The molecule has 0 atom stereocenters. The summed E-state index contributed by atoms with van der Waals surface area (Å²) in [5.41, 5.74) is 4.17. The second kappa shape index (κ2) is 4.90. The van der Waals surface area contributed by atoms with E-state index in [0.717, 1.165) is 51.7 Å². The minimum atomic E-state index is 0.721. The highest BCUT2D eigenvalue weighted by Crippen LogP contribution is 2.32. The highest BCUT2D eigenvalue weighted by Gasteiger charge is 2.20. The van der Waals surface area contributed by atoms with E-state index in [2.05, 4.69) is 20.3 Å². The van der Waals surface area contributed by atoms with Crippen LogP contribution in [0.3, 0.4) is 0 Å². The number of benzene rings is 1. The maximum absolute atomic E-state index is 6.17. The van der Waals surface area contributed by atoms with Crippen LogP contribution < -0.4 is 5.32 Å². The molecule has 0 spiro atoms. The van der Waals surface area contributed by atoms with Crippen molar-refractivity contribution < 1.29 is 0 Å². The lowest BCUT2D eigenvalue weighted by molar-refractivity contribution is 0.960. The van der Waals surface area contributed by atoms with Crippen molar-refractivity contribution in [3.8, 4) is 11.3 Å². The first-order valence-electron chi connectivity index (χ1n) is 6.83. The topological polar surface area (TPSA) is 53.1 Å². The first-order valence-corrected chi connectivity index (χ1v) is 7.21. The van der Waals surface area contributed by atoms with Crippen molar-refractivity contribution in [3.63, 3.8) is 0 Å². The molecule has 1 aromatic carbocycles. The monoisotopic (exact) mass is 296 g/mol. The molecule has 2 aromatic heterocycles. The average Bonchev–Trinajstić information content (AvgIpc) is 3.14. The Morgan fingerprint density at radius 3 is 2.90 bits per heavy atom. The van der Waals surface area contributed by atoms with E-state index in [4.69, 9.17) is 11.6 Å². The van der Waals surface area contributed by atoms with Crippen LogP contribution in [0.4, 0.5) is 0 Å². The van der Waals surface area contributed by atoms with Gasteiger partial charge in [0.15, 0.2) is 0 Å². The first-order chi connectivity index (χ1) is 10.3. The molecule has 3 aromatic rings. The lowest BCUT2D eigenvalue weighted by atomic mass is 10.1. The number of nitrogens with zero attached hydrogens (tertiary/aromatic N) is 2. The second-order valence-electron chi connectivity index (χ2n) is 4.96. The number of aliphatic imine (C=N–C) groups is 1. The van der Waals surface area contributed by atoms with E-state index in [1.54, 1.807) is 6.20 Å². The number of rotatable bonds is 2. The molecule has 0 unspecified atom stereocenters. The molecule has 21 heavy (non-hydrogen) atoms. The third-order valence-electron chi connectivity index (χ3n) is 3.62. The van der Waals surface area contributed by atoms with Crippen molar-refractivity contribution in [1.29, 1.82) is 0 Å². The molecular weight excluding hydrogens is 284 g/mol. The Labute approximate surface area is 126 Å². The molecule has 2 N–H and O–H groups in total. The number of fused-ring (bicyclic) bond motifs is 1. The van der Waals surface area contributed by atoms with Gasteiger partial charge in [0.05, 0.1) is 12.2 Å². The summed E-state index contributed by atoms with van der Waals surface area (Å²) in [6.45, 7) is 1.67. The van der Waals surface area contributed by atoms with Crippen molar-refractivity contribution in [2.75, 3.05) is 13.1 Å². The molecule has 0 radical (unpaired) electrons. The number of aromatic nitrogens is 2. The van der Waals surface area contributed by atoms with Crippen molar-refractivity contribution in [3.05, 3.63) is 53.3 Å². The van der Waals surface area contributed by atoms with Gasteiger partial charge >= 0.3 is 0 Å². The third kappa shape index (κ3) is 2.08. The predicted octanol–water partition coefficient (Wildman–Crippen LogP) is 3.23. The summed E-state index contributed by atoms with van der Waals surface area (Å²) in [5.74, 6) is 0.919. The number of H-pyrrole nitrogens is 1.